The van der Waals surface area contributed by atoms with E-state index in [0.717, 1.165) is 35.0 Å². The van der Waals surface area contributed by atoms with Crippen molar-refractivity contribution < 1.29 is 12.8 Å². The van der Waals surface area contributed by atoms with Crippen LogP contribution in [0, 0.1) is 5.82 Å². The first-order valence-corrected chi connectivity index (χ1v) is 8.75. The van der Waals surface area contributed by atoms with E-state index in [1.54, 1.807) is 0 Å². The molecule has 1 aliphatic carbocycles. The molecule has 3 nitrogen and oxygen atoms in total. The summed E-state index contributed by atoms with van der Waals surface area (Å²) >= 11 is 3.36. The highest BCUT2D eigenvalue weighted by Crippen LogP contribution is 2.46. The topological polar surface area (TPSA) is 46.2 Å². The van der Waals surface area contributed by atoms with Gasteiger partial charge in [0, 0.05) is 4.47 Å². The SMILES string of the molecule is O=S(=O)(NC1(c2ccc(Br)cc2)CC1)c1ccc(F)cc1. The van der Waals surface area contributed by atoms with Crippen molar-refractivity contribution in [3.8, 4) is 0 Å². The van der Waals surface area contributed by atoms with Crippen LogP contribution in [0.1, 0.15) is 18.4 Å². The Hall–Kier alpha value is -1.24. The molecule has 1 fully saturated rings. The van der Waals surface area contributed by atoms with Gasteiger partial charge in [-0.05, 0) is 54.8 Å². The molecule has 0 unspecified atom stereocenters. The van der Waals surface area contributed by atoms with Gasteiger partial charge in [-0.3, -0.25) is 0 Å². The highest BCUT2D eigenvalue weighted by molar-refractivity contribution is 9.10. The first-order chi connectivity index (χ1) is 9.91. The maximum Gasteiger partial charge on any atom is 0.241 e. The number of rotatable bonds is 4. The lowest BCUT2D eigenvalue weighted by atomic mass is 10.1. The molecule has 0 amide bonds. The summed E-state index contributed by atoms with van der Waals surface area (Å²) in [5.41, 5.74) is 0.407. The van der Waals surface area contributed by atoms with Gasteiger partial charge in [0.15, 0.2) is 0 Å². The average molecular weight is 370 g/mol. The summed E-state index contributed by atoms with van der Waals surface area (Å²) in [7, 11) is -3.66. The Labute approximate surface area is 131 Å². The minimum atomic E-state index is -3.66. The molecule has 1 N–H and O–H groups in total. The molecular weight excluding hydrogens is 357 g/mol. The van der Waals surface area contributed by atoms with Gasteiger partial charge in [0.2, 0.25) is 10.0 Å². The highest BCUT2D eigenvalue weighted by atomic mass is 79.9. The van der Waals surface area contributed by atoms with Gasteiger partial charge in [-0.25, -0.2) is 17.5 Å². The van der Waals surface area contributed by atoms with Gasteiger partial charge >= 0.3 is 0 Å². The third-order valence-electron chi connectivity index (χ3n) is 3.60. The van der Waals surface area contributed by atoms with Crippen LogP contribution in [-0.4, -0.2) is 8.42 Å². The van der Waals surface area contributed by atoms with Gasteiger partial charge in [0.25, 0.3) is 0 Å². The summed E-state index contributed by atoms with van der Waals surface area (Å²) in [4.78, 5) is 0.0762. The summed E-state index contributed by atoms with van der Waals surface area (Å²) in [6.45, 7) is 0. The molecular formula is C15H13BrFNO2S. The van der Waals surface area contributed by atoms with Gasteiger partial charge < -0.3 is 0 Å². The predicted molar refractivity (Wildman–Crippen MR) is 81.8 cm³/mol. The number of nitrogens with one attached hydrogen (secondary N) is 1. The number of hydrogen-bond donors (Lipinski definition) is 1. The van der Waals surface area contributed by atoms with Crippen molar-refractivity contribution in [2.45, 2.75) is 23.3 Å². The van der Waals surface area contributed by atoms with Crippen LogP contribution in [0.5, 0.6) is 0 Å². The second kappa shape index (κ2) is 5.19. The predicted octanol–water partition coefficient (Wildman–Crippen LogP) is 3.56. The van der Waals surface area contributed by atoms with E-state index < -0.39 is 21.4 Å². The van der Waals surface area contributed by atoms with Crippen LogP contribution >= 0.6 is 15.9 Å². The van der Waals surface area contributed by atoms with Crippen molar-refractivity contribution in [2.75, 3.05) is 0 Å². The standard InChI is InChI=1S/C15H13BrFNO2S/c16-12-3-1-11(2-4-12)15(9-10-15)18-21(19,20)14-7-5-13(17)6-8-14/h1-8,18H,9-10H2. The van der Waals surface area contributed by atoms with E-state index in [-0.39, 0.29) is 4.90 Å². The Bertz CT molecular complexity index is 753. The van der Waals surface area contributed by atoms with Crippen molar-refractivity contribution in [3.63, 3.8) is 0 Å². The molecule has 110 valence electrons. The second-order valence-corrected chi connectivity index (χ2v) is 7.75. The van der Waals surface area contributed by atoms with Crippen LogP contribution in [-0.2, 0) is 15.6 Å². The number of halogens is 2. The normalized spacial score (nSPS) is 16.7. The van der Waals surface area contributed by atoms with Gasteiger partial charge in [0.1, 0.15) is 5.82 Å². The lowest BCUT2D eigenvalue weighted by Gasteiger charge is -2.18. The fourth-order valence-corrected chi connectivity index (χ4v) is 3.99. The fraction of sp³-hybridized carbons (Fsp3) is 0.200. The van der Waals surface area contributed by atoms with E-state index in [9.17, 15) is 12.8 Å². The molecule has 2 aromatic rings. The first kappa shape index (κ1) is 14.7. The van der Waals surface area contributed by atoms with Gasteiger partial charge in [-0.15, -0.1) is 0 Å². The molecule has 1 aliphatic rings. The third-order valence-corrected chi connectivity index (χ3v) is 5.68. The zero-order valence-corrected chi connectivity index (χ0v) is 13.4. The van der Waals surface area contributed by atoms with Crippen molar-refractivity contribution >= 4 is 26.0 Å². The van der Waals surface area contributed by atoms with Gasteiger partial charge in [-0.2, -0.15) is 0 Å². The van der Waals surface area contributed by atoms with Gasteiger partial charge in [0.05, 0.1) is 10.4 Å². The number of hydrogen-bond acceptors (Lipinski definition) is 2. The third kappa shape index (κ3) is 3.02. The smallest absolute Gasteiger partial charge is 0.207 e. The summed E-state index contributed by atoms with van der Waals surface area (Å²) in [6.07, 6.45) is 1.52. The van der Waals surface area contributed by atoms with E-state index in [2.05, 4.69) is 20.7 Å². The summed E-state index contributed by atoms with van der Waals surface area (Å²) < 4.78 is 41.4. The summed E-state index contributed by atoms with van der Waals surface area (Å²) in [5, 5.41) is 0. The van der Waals surface area contributed by atoms with Crippen LogP contribution in [0.3, 0.4) is 0 Å². The Morgan fingerprint density at radius 3 is 2.10 bits per heavy atom. The minimum Gasteiger partial charge on any atom is -0.207 e. The Balaban J connectivity index is 1.88. The van der Waals surface area contributed by atoms with E-state index in [1.807, 2.05) is 24.3 Å². The van der Waals surface area contributed by atoms with E-state index in [1.165, 1.54) is 12.1 Å². The Morgan fingerprint density at radius 1 is 1.00 bits per heavy atom. The Kier molecular flexibility index (Phi) is 3.63. The zero-order valence-electron chi connectivity index (χ0n) is 11.0. The van der Waals surface area contributed by atoms with Gasteiger partial charge in [-0.1, -0.05) is 28.1 Å². The Morgan fingerprint density at radius 2 is 1.57 bits per heavy atom. The van der Waals surface area contributed by atoms with Crippen molar-refractivity contribution in [2.24, 2.45) is 0 Å². The lowest BCUT2D eigenvalue weighted by Crippen LogP contribution is -2.34. The largest absolute Gasteiger partial charge is 0.241 e. The summed E-state index contributed by atoms with van der Waals surface area (Å²) in [6, 6.07) is 12.4. The lowest BCUT2D eigenvalue weighted by molar-refractivity contribution is 0.551. The van der Waals surface area contributed by atoms with Crippen molar-refractivity contribution in [1.82, 2.24) is 4.72 Å². The highest BCUT2D eigenvalue weighted by Gasteiger charge is 2.47. The average Bonchev–Trinajstić information content (AvgIpc) is 3.20. The molecule has 1 saturated carbocycles. The monoisotopic (exact) mass is 369 g/mol. The molecule has 0 atom stereocenters. The fourth-order valence-electron chi connectivity index (χ4n) is 2.27. The maximum absolute atomic E-state index is 12.9. The van der Waals surface area contributed by atoms with Crippen LogP contribution in [0.4, 0.5) is 4.39 Å². The van der Waals surface area contributed by atoms with E-state index in [4.69, 9.17) is 0 Å². The van der Waals surface area contributed by atoms with Crippen molar-refractivity contribution in [3.05, 3.63) is 64.4 Å². The second-order valence-electron chi connectivity index (χ2n) is 5.15. The van der Waals surface area contributed by atoms with Crippen LogP contribution in [0.2, 0.25) is 0 Å². The quantitative estimate of drug-likeness (QED) is 0.895. The molecule has 0 aliphatic heterocycles. The van der Waals surface area contributed by atoms with Crippen molar-refractivity contribution in [1.29, 1.82) is 0 Å². The van der Waals surface area contributed by atoms with Crippen LogP contribution < -0.4 is 4.72 Å². The molecule has 0 heterocycles. The molecule has 0 aromatic heterocycles. The number of sulfonamides is 1. The number of benzene rings is 2. The molecule has 3 rings (SSSR count). The van der Waals surface area contributed by atoms with Crippen LogP contribution in [0.15, 0.2) is 57.9 Å². The minimum absolute atomic E-state index is 0.0762. The van der Waals surface area contributed by atoms with Crippen LogP contribution in [0.25, 0.3) is 0 Å². The van der Waals surface area contributed by atoms with E-state index >= 15 is 0 Å². The molecule has 0 radical (unpaired) electrons. The summed E-state index contributed by atoms with van der Waals surface area (Å²) in [5.74, 6) is -0.456. The molecule has 21 heavy (non-hydrogen) atoms. The molecule has 0 spiro atoms. The molecule has 0 bridgehead atoms. The zero-order chi connectivity index (χ0) is 15.1. The maximum atomic E-state index is 12.9. The molecule has 0 saturated heterocycles. The first-order valence-electron chi connectivity index (χ1n) is 6.47. The van der Waals surface area contributed by atoms with E-state index in [0.29, 0.717) is 0 Å². The molecule has 2 aromatic carbocycles. The molecule has 6 heteroatoms.